The van der Waals surface area contributed by atoms with Crippen molar-refractivity contribution in [2.24, 2.45) is 0 Å². The maximum Gasteiger partial charge on any atom is 0.246 e. The van der Waals surface area contributed by atoms with Crippen molar-refractivity contribution in [2.45, 2.75) is 37.5 Å². The number of sulfonamides is 1. The lowest BCUT2D eigenvalue weighted by Crippen LogP contribution is -2.35. The Morgan fingerprint density at radius 2 is 1.80 bits per heavy atom. The van der Waals surface area contributed by atoms with E-state index in [1.54, 1.807) is 32.2 Å². The fraction of sp³-hybridized carbons (Fsp3) is 0.409. The van der Waals surface area contributed by atoms with Gasteiger partial charge < -0.3 is 14.8 Å². The first-order valence-electron chi connectivity index (χ1n) is 10.1. The Bertz CT molecular complexity index is 985. The van der Waals surface area contributed by atoms with Crippen molar-refractivity contribution in [3.63, 3.8) is 0 Å². The molecule has 0 aliphatic carbocycles. The van der Waals surface area contributed by atoms with Gasteiger partial charge in [-0.05, 0) is 44.0 Å². The van der Waals surface area contributed by atoms with Crippen molar-refractivity contribution in [3.05, 3.63) is 48.0 Å². The van der Waals surface area contributed by atoms with Gasteiger partial charge in [-0.2, -0.15) is 4.31 Å². The van der Waals surface area contributed by atoms with Crippen LogP contribution in [0.15, 0.2) is 47.4 Å². The van der Waals surface area contributed by atoms with Gasteiger partial charge in [0, 0.05) is 24.3 Å². The number of carbonyl (C=O) groups is 1. The second-order valence-electron chi connectivity index (χ2n) is 7.10. The number of anilines is 1. The lowest BCUT2D eigenvalue weighted by Gasteiger charge is -2.27. The summed E-state index contributed by atoms with van der Waals surface area (Å²) in [4.78, 5) is 12.7. The maximum absolute atomic E-state index is 13.2. The van der Waals surface area contributed by atoms with Gasteiger partial charge >= 0.3 is 0 Å². The van der Waals surface area contributed by atoms with Crippen LogP contribution >= 0.6 is 0 Å². The molecule has 0 atom stereocenters. The van der Waals surface area contributed by atoms with Crippen LogP contribution in [-0.4, -0.2) is 45.4 Å². The molecule has 1 aliphatic heterocycles. The fourth-order valence-electron chi connectivity index (χ4n) is 3.53. The van der Waals surface area contributed by atoms with E-state index in [1.165, 1.54) is 10.4 Å². The molecule has 2 aromatic carbocycles. The topological polar surface area (TPSA) is 84.9 Å². The lowest BCUT2D eigenvalue weighted by molar-refractivity contribution is -0.115. The molecule has 0 bridgehead atoms. The molecule has 30 heavy (non-hydrogen) atoms. The SMILES string of the molecule is CCOc1ccc(NC(=O)Cc2ccccc2OC)cc1S(=O)(=O)N1CCCCC1. The van der Waals surface area contributed by atoms with Crippen molar-refractivity contribution in [1.29, 1.82) is 0 Å². The van der Waals surface area contributed by atoms with Crippen molar-refractivity contribution < 1.29 is 22.7 Å². The van der Waals surface area contributed by atoms with E-state index in [2.05, 4.69) is 5.32 Å². The average Bonchev–Trinajstić information content (AvgIpc) is 2.76. The highest BCUT2D eigenvalue weighted by Crippen LogP contribution is 2.31. The van der Waals surface area contributed by atoms with Crippen LogP contribution in [0.25, 0.3) is 0 Å². The van der Waals surface area contributed by atoms with Crippen LogP contribution < -0.4 is 14.8 Å². The van der Waals surface area contributed by atoms with Gasteiger partial charge in [0.1, 0.15) is 16.4 Å². The molecule has 7 nitrogen and oxygen atoms in total. The molecule has 1 N–H and O–H groups in total. The van der Waals surface area contributed by atoms with Gasteiger partial charge in [-0.1, -0.05) is 24.6 Å². The van der Waals surface area contributed by atoms with Gasteiger partial charge in [-0.25, -0.2) is 8.42 Å². The summed E-state index contributed by atoms with van der Waals surface area (Å²) >= 11 is 0. The number of methoxy groups -OCH3 is 1. The molecule has 1 aliphatic rings. The predicted octanol–water partition coefficient (Wildman–Crippen LogP) is 3.45. The quantitative estimate of drug-likeness (QED) is 0.691. The largest absolute Gasteiger partial charge is 0.496 e. The molecule has 0 aromatic heterocycles. The number of carbonyl (C=O) groups excluding carboxylic acids is 1. The third kappa shape index (κ3) is 5.12. The second kappa shape index (κ2) is 9.95. The van der Waals surface area contributed by atoms with E-state index < -0.39 is 10.0 Å². The second-order valence-corrected chi connectivity index (χ2v) is 9.00. The van der Waals surface area contributed by atoms with Gasteiger partial charge in [0.25, 0.3) is 0 Å². The third-order valence-corrected chi connectivity index (χ3v) is 6.92. The molecule has 0 spiro atoms. The molecule has 1 fully saturated rings. The average molecular weight is 433 g/mol. The zero-order chi connectivity index (χ0) is 21.6. The van der Waals surface area contributed by atoms with E-state index >= 15 is 0 Å². The van der Waals surface area contributed by atoms with Crippen LogP contribution in [0.1, 0.15) is 31.7 Å². The Hall–Kier alpha value is -2.58. The number of nitrogens with zero attached hydrogens (tertiary/aromatic N) is 1. The summed E-state index contributed by atoms with van der Waals surface area (Å²) in [6.45, 7) is 3.15. The Labute approximate surface area is 178 Å². The van der Waals surface area contributed by atoms with Gasteiger partial charge in [0.2, 0.25) is 15.9 Å². The molecule has 1 amide bonds. The first-order valence-corrected chi connectivity index (χ1v) is 11.6. The van der Waals surface area contributed by atoms with Crippen LogP contribution in [0.4, 0.5) is 5.69 Å². The number of hydrogen-bond acceptors (Lipinski definition) is 5. The number of rotatable bonds is 8. The minimum Gasteiger partial charge on any atom is -0.496 e. The summed E-state index contributed by atoms with van der Waals surface area (Å²) in [6, 6.07) is 12.0. The smallest absolute Gasteiger partial charge is 0.246 e. The monoisotopic (exact) mass is 432 g/mol. The summed E-state index contributed by atoms with van der Waals surface area (Å²) in [7, 11) is -2.15. The molecular formula is C22H28N2O5S. The highest BCUT2D eigenvalue weighted by atomic mass is 32.2. The minimum absolute atomic E-state index is 0.0846. The van der Waals surface area contributed by atoms with Crippen molar-refractivity contribution >= 4 is 21.6 Å². The number of piperidine rings is 1. The van der Waals surface area contributed by atoms with Gasteiger partial charge in [-0.15, -0.1) is 0 Å². The molecule has 162 valence electrons. The zero-order valence-corrected chi connectivity index (χ0v) is 18.2. The molecule has 1 saturated heterocycles. The fourth-order valence-corrected chi connectivity index (χ4v) is 5.21. The van der Waals surface area contributed by atoms with Crippen LogP contribution in [0.2, 0.25) is 0 Å². The third-order valence-electron chi connectivity index (χ3n) is 5.00. The number of nitrogens with one attached hydrogen (secondary N) is 1. The normalized spacial score (nSPS) is 14.9. The Morgan fingerprint density at radius 3 is 2.50 bits per heavy atom. The summed E-state index contributed by atoms with van der Waals surface area (Å²) < 4.78 is 38.8. The number of para-hydroxylation sites is 1. The van der Waals surface area contributed by atoms with Crippen LogP contribution in [0, 0.1) is 0 Å². The molecule has 0 unspecified atom stereocenters. The van der Waals surface area contributed by atoms with E-state index in [9.17, 15) is 13.2 Å². The first-order chi connectivity index (χ1) is 14.5. The van der Waals surface area contributed by atoms with Crippen LogP contribution in [-0.2, 0) is 21.2 Å². The van der Waals surface area contributed by atoms with Crippen LogP contribution in [0.5, 0.6) is 11.5 Å². The van der Waals surface area contributed by atoms with Gasteiger partial charge in [-0.3, -0.25) is 4.79 Å². The molecule has 0 radical (unpaired) electrons. The highest BCUT2D eigenvalue weighted by Gasteiger charge is 2.29. The minimum atomic E-state index is -3.71. The lowest BCUT2D eigenvalue weighted by atomic mass is 10.1. The van der Waals surface area contributed by atoms with Gasteiger partial charge in [0.15, 0.2) is 0 Å². The number of benzene rings is 2. The summed E-state index contributed by atoms with van der Waals surface area (Å²) in [5.41, 5.74) is 1.17. The van der Waals surface area contributed by atoms with E-state index in [0.717, 1.165) is 24.8 Å². The number of ether oxygens (including phenoxy) is 2. The highest BCUT2D eigenvalue weighted by molar-refractivity contribution is 7.89. The van der Waals surface area contributed by atoms with Crippen molar-refractivity contribution in [2.75, 3.05) is 32.1 Å². The Morgan fingerprint density at radius 1 is 1.07 bits per heavy atom. The molecule has 3 rings (SSSR count). The van der Waals surface area contributed by atoms with E-state index in [-0.39, 0.29) is 17.2 Å². The maximum atomic E-state index is 13.2. The molecular weight excluding hydrogens is 404 g/mol. The van der Waals surface area contributed by atoms with Crippen molar-refractivity contribution in [1.82, 2.24) is 4.31 Å². The summed E-state index contributed by atoms with van der Waals surface area (Å²) in [5, 5.41) is 2.79. The van der Waals surface area contributed by atoms with Gasteiger partial charge in [0.05, 0.1) is 20.1 Å². The Kier molecular flexibility index (Phi) is 7.33. The first kappa shape index (κ1) is 22.1. The molecule has 0 saturated carbocycles. The number of hydrogen-bond donors (Lipinski definition) is 1. The summed E-state index contributed by atoms with van der Waals surface area (Å²) in [5.74, 6) is 0.670. The Balaban J connectivity index is 1.84. The van der Waals surface area contributed by atoms with E-state index in [0.29, 0.717) is 36.9 Å². The molecule has 1 heterocycles. The standard InChI is InChI=1S/C22H28N2O5S/c1-3-29-20-12-11-18(16-21(20)30(26,27)24-13-7-4-8-14-24)23-22(25)15-17-9-5-6-10-19(17)28-2/h5-6,9-12,16H,3-4,7-8,13-15H2,1-2H3,(H,23,25). The van der Waals surface area contributed by atoms with E-state index in [1.807, 2.05) is 18.2 Å². The predicted molar refractivity (Wildman–Crippen MR) is 116 cm³/mol. The van der Waals surface area contributed by atoms with Crippen LogP contribution in [0.3, 0.4) is 0 Å². The van der Waals surface area contributed by atoms with Crippen molar-refractivity contribution in [3.8, 4) is 11.5 Å². The molecule has 2 aromatic rings. The summed E-state index contributed by atoms with van der Waals surface area (Å²) in [6.07, 6.45) is 2.84. The van der Waals surface area contributed by atoms with E-state index in [4.69, 9.17) is 9.47 Å². The number of amides is 1. The molecule has 8 heteroatoms. The zero-order valence-electron chi connectivity index (χ0n) is 17.4.